The summed E-state index contributed by atoms with van der Waals surface area (Å²) in [6.45, 7) is 9.10. The van der Waals surface area contributed by atoms with Crippen molar-refractivity contribution in [1.82, 2.24) is 4.90 Å². The van der Waals surface area contributed by atoms with Crippen molar-refractivity contribution in [2.45, 2.75) is 11.7 Å². The molecule has 0 N–H and O–H groups in total. The Labute approximate surface area is 166 Å². The van der Waals surface area contributed by atoms with Crippen LogP contribution in [-0.4, -0.2) is 49.5 Å². The van der Waals surface area contributed by atoms with E-state index in [1.807, 2.05) is 36.4 Å². The molecule has 0 saturated carbocycles. The first-order valence-corrected chi connectivity index (χ1v) is 9.90. The van der Waals surface area contributed by atoms with Gasteiger partial charge in [0, 0.05) is 43.7 Å². The van der Waals surface area contributed by atoms with Gasteiger partial charge in [-0.1, -0.05) is 24.3 Å². The van der Waals surface area contributed by atoms with E-state index < -0.39 is 0 Å². The molecule has 1 atom stereocenters. The van der Waals surface area contributed by atoms with Gasteiger partial charge in [0.05, 0.1) is 0 Å². The van der Waals surface area contributed by atoms with Gasteiger partial charge in [0.1, 0.15) is 18.2 Å². The van der Waals surface area contributed by atoms with E-state index in [9.17, 15) is 4.39 Å². The number of hydrogen-bond acceptors (Lipinski definition) is 4. The van der Waals surface area contributed by atoms with E-state index in [4.69, 9.17) is 17.4 Å². The minimum absolute atomic E-state index is 0.152. The van der Waals surface area contributed by atoms with Crippen molar-refractivity contribution in [3.63, 3.8) is 0 Å². The molecule has 0 radical (unpaired) electrons. The van der Waals surface area contributed by atoms with Gasteiger partial charge in [-0.3, -0.25) is 4.90 Å². The van der Waals surface area contributed by atoms with Gasteiger partial charge in [0.15, 0.2) is 0 Å². The molecule has 0 bridgehead atoms. The predicted molar refractivity (Wildman–Crippen MR) is 114 cm³/mol. The number of benzene rings is 2. The number of rotatable bonds is 8. The lowest BCUT2D eigenvalue weighted by Gasteiger charge is -2.37. The first kappa shape index (κ1) is 19.8. The highest BCUT2D eigenvalue weighted by atomic mass is 32.1. The molecule has 3 rings (SSSR count). The molecular weight excluding hydrogens is 359 g/mol. The Balaban J connectivity index is 1.44. The highest BCUT2D eigenvalue weighted by Gasteiger charge is 2.19. The molecule has 0 spiro atoms. The summed E-state index contributed by atoms with van der Waals surface area (Å²) in [6, 6.07) is 14.8. The molecule has 3 nitrogen and oxygen atoms in total. The average molecular weight is 387 g/mol. The Kier molecular flexibility index (Phi) is 7.18. The van der Waals surface area contributed by atoms with Crippen molar-refractivity contribution in [1.29, 1.82) is 0 Å². The van der Waals surface area contributed by atoms with Gasteiger partial charge >= 0.3 is 0 Å². The van der Waals surface area contributed by atoms with Crippen LogP contribution in [0.25, 0.3) is 0 Å². The van der Waals surface area contributed by atoms with Crippen LogP contribution in [0.4, 0.5) is 10.1 Å². The number of halogens is 1. The zero-order chi connectivity index (χ0) is 19.1. The molecule has 144 valence electrons. The Morgan fingerprint density at radius 2 is 1.78 bits per heavy atom. The summed E-state index contributed by atoms with van der Waals surface area (Å²) in [5.74, 6) is 0.725. The van der Waals surface area contributed by atoms with Crippen LogP contribution in [0.3, 0.4) is 0 Å². The number of allylic oxidation sites excluding steroid dienone is 1. The maximum absolute atomic E-state index is 13.1. The van der Waals surface area contributed by atoms with Crippen molar-refractivity contribution in [2.24, 2.45) is 0 Å². The molecule has 1 saturated heterocycles. The van der Waals surface area contributed by atoms with Crippen molar-refractivity contribution in [3.8, 4) is 5.75 Å². The highest BCUT2D eigenvalue weighted by Crippen LogP contribution is 2.20. The van der Waals surface area contributed by atoms with Crippen LogP contribution in [-0.2, 0) is 6.42 Å². The minimum atomic E-state index is -0.190. The maximum Gasteiger partial charge on any atom is 0.123 e. The fourth-order valence-electron chi connectivity index (χ4n) is 3.35. The predicted octanol–water partition coefficient (Wildman–Crippen LogP) is 4.05. The van der Waals surface area contributed by atoms with E-state index in [1.54, 1.807) is 0 Å². The lowest BCUT2D eigenvalue weighted by molar-refractivity contribution is 0.230. The van der Waals surface area contributed by atoms with Crippen LogP contribution >= 0.6 is 12.6 Å². The van der Waals surface area contributed by atoms with E-state index in [2.05, 4.69) is 22.4 Å². The number of anilines is 1. The monoisotopic (exact) mass is 386 g/mol. The summed E-state index contributed by atoms with van der Waals surface area (Å²) in [7, 11) is 0. The number of thiol groups is 1. The second kappa shape index (κ2) is 9.81. The van der Waals surface area contributed by atoms with Gasteiger partial charge in [-0.05, 0) is 42.3 Å². The second-order valence-corrected chi connectivity index (χ2v) is 7.56. The molecule has 0 amide bonds. The fourth-order valence-corrected chi connectivity index (χ4v) is 3.65. The molecule has 27 heavy (non-hydrogen) atoms. The Bertz CT molecular complexity index is 729. The zero-order valence-corrected chi connectivity index (χ0v) is 16.5. The number of nitrogens with zero attached hydrogens (tertiary/aromatic N) is 2. The maximum atomic E-state index is 13.1. The Morgan fingerprint density at radius 3 is 2.48 bits per heavy atom. The van der Waals surface area contributed by atoms with Crippen molar-refractivity contribution in [3.05, 3.63) is 72.6 Å². The summed E-state index contributed by atoms with van der Waals surface area (Å²) < 4.78 is 19.1. The van der Waals surface area contributed by atoms with Gasteiger partial charge in [0.25, 0.3) is 0 Å². The van der Waals surface area contributed by atoms with Crippen LogP contribution in [0.15, 0.2) is 61.2 Å². The molecule has 2 aromatic rings. The molecule has 1 heterocycles. The fraction of sp³-hybridized carbons (Fsp3) is 0.364. The van der Waals surface area contributed by atoms with Crippen molar-refractivity contribution < 1.29 is 9.13 Å². The Morgan fingerprint density at radius 1 is 1.07 bits per heavy atom. The van der Waals surface area contributed by atoms with Crippen LogP contribution in [0.2, 0.25) is 0 Å². The SMILES string of the molecule is C=CCc1ccccc1OCC(S)CN1CCN(c2ccc(F)cc2)CC1. The molecule has 1 fully saturated rings. The van der Waals surface area contributed by atoms with Crippen LogP contribution in [0.5, 0.6) is 5.75 Å². The minimum Gasteiger partial charge on any atom is -0.492 e. The molecule has 1 aliphatic rings. The van der Waals surface area contributed by atoms with E-state index in [0.717, 1.165) is 56.1 Å². The molecule has 0 aromatic heterocycles. The molecular formula is C22H27FN2OS. The van der Waals surface area contributed by atoms with Gasteiger partial charge in [-0.25, -0.2) is 4.39 Å². The summed E-state index contributed by atoms with van der Waals surface area (Å²) in [6.07, 6.45) is 2.69. The Hall–Kier alpha value is -1.98. The van der Waals surface area contributed by atoms with Crippen LogP contribution in [0.1, 0.15) is 5.56 Å². The molecule has 2 aromatic carbocycles. The third-order valence-corrected chi connectivity index (χ3v) is 5.11. The van der Waals surface area contributed by atoms with Gasteiger partial charge in [0.2, 0.25) is 0 Å². The normalized spacial score (nSPS) is 16.1. The highest BCUT2D eigenvalue weighted by molar-refractivity contribution is 7.81. The first-order valence-electron chi connectivity index (χ1n) is 9.38. The zero-order valence-electron chi connectivity index (χ0n) is 15.6. The van der Waals surface area contributed by atoms with Gasteiger partial charge < -0.3 is 9.64 Å². The third kappa shape index (κ3) is 5.75. The molecule has 1 aliphatic heterocycles. The number of ether oxygens (including phenoxy) is 1. The third-order valence-electron chi connectivity index (χ3n) is 4.80. The van der Waals surface area contributed by atoms with Crippen molar-refractivity contribution in [2.75, 3.05) is 44.2 Å². The molecule has 1 unspecified atom stereocenters. The van der Waals surface area contributed by atoms with Gasteiger partial charge in [-0.2, -0.15) is 12.6 Å². The van der Waals surface area contributed by atoms with Crippen LogP contribution in [0, 0.1) is 5.82 Å². The standard InChI is InChI=1S/C22H27FN2OS/c1-2-5-18-6-3-4-7-22(18)26-17-21(27)16-24-12-14-25(15-13-24)20-10-8-19(23)9-11-20/h2-4,6-11,21,27H,1,5,12-17H2. The van der Waals surface area contributed by atoms with E-state index >= 15 is 0 Å². The number of para-hydroxylation sites is 1. The topological polar surface area (TPSA) is 15.7 Å². The lowest BCUT2D eigenvalue weighted by atomic mass is 10.1. The van der Waals surface area contributed by atoms with E-state index in [0.29, 0.717) is 6.61 Å². The smallest absolute Gasteiger partial charge is 0.123 e. The average Bonchev–Trinajstić information content (AvgIpc) is 2.69. The first-order chi connectivity index (χ1) is 13.2. The molecule has 5 heteroatoms. The summed E-state index contributed by atoms with van der Waals surface area (Å²) >= 11 is 4.72. The van der Waals surface area contributed by atoms with E-state index in [1.165, 1.54) is 12.1 Å². The van der Waals surface area contributed by atoms with E-state index in [-0.39, 0.29) is 11.1 Å². The van der Waals surface area contributed by atoms with Gasteiger partial charge in [-0.15, -0.1) is 6.58 Å². The lowest BCUT2D eigenvalue weighted by Crippen LogP contribution is -2.48. The quantitative estimate of drug-likeness (QED) is 0.544. The summed E-state index contributed by atoms with van der Waals surface area (Å²) in [4.78, 5) is 4.71. The summed E-state index contributed by atoms with van der Waals surface area (Å²) in [5, 5.41) is 0.152. The molecule has 0 aliphatic carbocycles. The second-order valence-electron chi connectivity index (χ2n) is 6.83. The summed E-state index contributed by atoms with van der Waals surface area (Å²) in [5.41, 5.74) is 2.24. The largest absolute Gasteiger partial charge is 0.492 e. The number of piperazine rings is 1. The number of hydrogen-bond donors (Lipinski definition) is 1. The van der Waals surface area contributed by atoms with Crippen molar-refractivity contribution >= 4 is 18.3 Å². The van der Waals surface area contributed by atoms with Crippen LogP contribution < -0.4 is 9.64 Å².